The van der Waals surface area contributed by atoms with Crippen molar-refractivity contribution in [2.75, 3.05) is 7.11 Å². The van der Waals surface area contributed by atoms with Crippen LogP contribution in [0.4, 0.5) is 0 Å². The molecule has 0 radical (unpaired) electrons. The van der Waals surface area contributed by atoms with Gasteiger partial charge >= 0.3 is 0 Å². The third kappa shape index (κ3) is 3.24. The molecule has 0 saturated heterocycles. The summed E-state index contributed by atoms with van der Waals surface area (Å²) in [5.74, 6) is 0.969. The molecule has 0 saturated carbocycles. The first kappa shape index (κ1) is 15.2. The Kier molecular flexibility index (Phi) is 4.38. The van der Waals surface area contributed by atoms with Crippen molar-refractivity contribution in [1.82, 2.24) is 14.5 Å². The van der Waals surface area contributed by atoms with E-state index in [4.69, 9.17) is 10.1 Å². The number of thioether (sulfide) groups is 1. The third-order valence-electron chi connectivity index (χ3n) is 3.28. The second-order valence-electron chi connectivity index (χ2n) is 4.72. The SMILES string of the molecule is COc1ccc2c(=O)n(CSC(=N)c3ccccn3)cnc2c1. The number of pyridine rings is 1. The van der Waals surface area contributed by atoms with E-state index in [1.54, 1.807) is 43.6 Å². The van der Waals surface area contributed by atoms with Crippen LogP contribution in [0.25, 0.3) is 10.9 Å². The van der Waals surface area contributed by atoms with E-state index in [-0.39, 0.29) is 5.56 Å². The molecule has 0 aliphatic heterocycles. The Bertz CT molecular complexity index is 909. The van der Waals surface area contributed by atoms with Crippen LogP contribution in [0, 0.1) is 5.41 Å². The average Bonchev–Trinajstić information content (AvgIpc) is 2.61. The molecule has 7 heteroatoms. The topological polar surface area (TPSA) is 80.9 Å². The number of nitrogens with one attached hydrogen (secondary N) is 1. The monoisotopic (exact) mass is 326 g/mol. The fourth-order valence-electron chi connectivity index (χ4n) is 2.06. The highest BCUT2D eigenvalue weighted by Gasteiger charge is 2.08. The van der Waals surface area contributed by atoms with Crippen LogP contribution in [-0.4, -0.2) is 26.7 Å². The van der Waals surface area contributed by atoms with Gasteiger partial charge in [0.1, 0.15) is 10.8 Å². The molecule has 0 fully saturated rings. The summed E-state index contributed by atoms with van der Waals surface area (Å²) >= 11 is 1.23. The van der Waals surface area contributed by atoms with Crippen LogP contribution >= 0.6 is 11.8 Å². The van der Waals surface area contributed by atoms with Gasteiger partial charge in [-0.2, -0.15) is 0 Å². The van der Waals surface area contributed by atoms with E-state index in [1.807, 2.05) is 6.07 Å². The molecule has 0 aliphatic carbocycles. The molecule has 0 unspecified atom stereocenters. The summed E-state index contributed by atoms with van der Waals surface area (Å²) in [6.07, 6.45) is 3.13. The van der Waals surface area contributed by atoms with Gasteiger partial charge in [-0.25, -0.2) is 4.98 Å². The van der Waals surface area contributed by atoms with E-state index >= 15 is 0 Å². The summed E-state index contributed by atoms with van der Waals surface area (Å²) < 4.78 is 6.62. The van der Waals surface area contributed by atoms with E-state index in [2.05, 4.69) is 9.97 Å². The molecule has 2 heterocycles. The number of fused-ring (bicyclic) bond motifs is 1. The number of aromatic nitrogens is 3. The van der Waals surface area contributed by atoms with E-state index in [9.17, 15) is 4.79 Å². The quantitative estimate of drug-likeness (QED) is 0.588. The summed E-state index contributed by atoms with van der Waals surface area (Å²) in [4.78, 5) is 20.9. The van der Waals surface area contributed by atoms with Crippen molar-refractivity contribution in [2.45, 2.75) is 5.88 Å². The van der Waals surface area contributed by atoms with E-state index in [0.29, 0.717) is 33.3 Å². The zero-order valence-electron chi connectivity index (χ0n) is 12.4. The summed E-state index contributed by atoms with van der Waals surface area (Å²) in [7, 11) is 1.57. The van der Waals surface area contributed by atoms with Crippen molar-refractivity contribution in [3.8, 4) is 5.75 Å². The maximum absolute atomic E-state index is 12.5. The number of hydrogen-bond donors (Lipinski definition) is 1. The van der Waals surface area contributed by atoms with Crippen molar-refractivity contribution in [2.24, 2.45) is 0 Å². The van der Waals surface area contributed by atoms with Crippen molar-refractivity contribution in [1.29, 1.82) is 5.41 Å². The van der Waals surface area contributed by atoms with Gasteiger partial charge in [0.2, 0.25) is 0 Å². The van der Waals surface area contributed by atoms with E-state index in [1.165, 1.54) is 22.7 Å². The van der Waals surface area contributed by atoms with Crippen LogP contribution in [0.1, 0.15) is 5.69 Å². The molecule has 0 atom stereocenters. The van der Waals surface area contributed by atoms with Gasteiger partial charge < -0.3 is 4.74 Å². The Labute approximate surface area is 136 Å². The first-order valence-electron chi connectivity index (χ1n) is 6.85. The van der Waals surface area contributed by atoms with Gasteiger partial charge in [0.15, 0.2) is 0 Å². The summed E-state index contributed by atoms with van der Waals surface area (Å²) in [6, 6.07) is 10.6. The van der Waals surface area contributed by atoms with Crippen LogP contribution in [0.15, 0.2) is 53.7 Å². The number of ether oxygens (including phenoxy) is 1. The molecular formula is C16H14N4O2S. The van der Waals surface area contributed by atoms with Gasteiger partial charge in [-0.1, -0.05) is 17.8 Å². The van der Waals surface area contributed by atoms with Gasteiger partial charge in [0, 0.05) is 12.3 Å². The summed E-state index contributed by atoms with van der Waals surface area (Å²) in [6.45, 7) is 0. The van der Waals surface area contributed by atoms with Crippen molar-refractivity contribution < 1.29 is 4.74 Å². The molecule has 116 valence electrons. The molecule has 2 aromatic heterocycles. The van der Waals surface area contributed by atoms with Gasteiger partial charge in [0.05, 0.1) is 35.9 Å². The number of methoxy groups -OCH3 is 1. The Hall–Kier alpha value is -2.67. The second kappa shape index (κ2) is 6.62. The minimum absolute atomic E-state index is 0.140. The molecule has 3 rings (SSSR count). The highest BCUT2D eigenvalue weighted by molar-refractivity contribution is 8.13. The average molecular weight is 326 g/mol. The summed E-state index contributed by atoms with van der Waals surface area (Å²) in [5, 5.41) is 8.85. The van der Waals surface area contributed by atoms with Crippen LogP contribution in [0.2, 0.25) is 0 Å². The van der Waals surface area contributed by atoms with E-state index < -0.39 is 0 Å². The fourth-order valence-corrected chi connectivity index (χ4v) is 2.78. The molecule has 1 aromatic carbocycles. The van der Waals surface area contributed by atoms with Crippen LogP contribution in [0.3, 0.4) is 0 Å². The standard InChI is InChI=1S/C16H14N4O2S/c1-22-11-5-6-12-14(8-11)19-9-20(16(12)21)10-23-15(17)13-4-2-3-7-18-13/h2-9,17H,10H2,1H3. The highest BCUT2D eigenvalue weighted by atomic mass is 32.2. The zero-order chi connectivity index (χ0) is 16.2. The van der Waals surface area contributed by atoms with Crippen LogP contribution in [-0.2, 0) is 5.88 Å². The number of nitrogens with zero attached hydrogens (tertiary/aromatic N) is 3. The first-order valence-corrected chi connectivity index (χ1v) is 7.83. The van der Waals surface area contributed by atoms with Gasteiger partial charge in [-0.15, -0.1) is 0 Å². The molecular weight excluding hydrogens is 312 g/mol. The maximum atomic E-state index is 12.5. The smallest absolute Gasteiger partial charge is 0.261 e. The highest BCUT2D eigenvalue weighted by Crippen LogP contribution is 2.17. The molecule has 0 spiro atoms. The largest absolute Gasteiger partial charge is 0.497 e. The minimum Gasteiger partial charge on any atom is -0.497 e. The Morgan fingerprint density at radius 2 is 2.17 bits per heavy atom. The minimum atomic E-state index is -0.140. The molecule has 23 heavy (non-hydrogen) atoms. The molecule has 1 N–H and O–H groups in total. The number of rotatable bonds is 4. The normalized spacial score (nSPS) is 10.7. The molecule has 6 nitrogen and oxygen atoms in total. The predicted octanol–water partition coefficient (Wildman–Crippen LogP) is 2.52. The number of benzene rings is 1. The van der Waals surface area contributed by atoms with Crippen molar-refractivity contribution in [3.63, 3.8) is 0 Å². The van der Waals surface area contributed by atoms with Crippen LogP contribution in [0.5, 0.6) is 5.75 Å². The first-order chi connectivity index (χ1) is 11.2. The lowest BCUT2D eigenvalue weighted by atomic mass is 10.2. The van der Waals surface area contributed by atoms with Crippen LogP contribution < -0.4 is 10.3 Å². The summed E-state index contributed by atoms with van der Waals surface area (Å²) in [5.41, 5.74) is 1.04. The second-order valence-corrected chi connectivity index (χ2v) is 5.68. The lowest BCUT2D eigenvalue weighted by Gasteiger charge is -2.07. The lowest BCUT2D eigenvalue weighted by molar-refractivity contribution is 0.415. The van der Waals surface area contributed by atoms with Crippen molar-refractivity contribution in [3.05, 3.63) is 65.0 Å². The molecule has 0 amide bonds. The lowest BCUT2D eigenvalue weighted by Crippen LogP contribution is -2.20. The fraction of sp³-hybridized carbons (Fsp3) is 0.125. The van der Waals surface area contributed by atoms with Gasteiger partial charge in [-0.3, -0.25) is 19.8 Å². The zero-order valence-corrected chi connectivity index (χ0v) is 13.2. The van der Waals surface area contributed by atoms with E-state index in [0.717, 1.165) is 0 Å². The van der Waals surface area contributed by atoms with Gasteiger partial charge in [-0.05, 0) is 24.3 Å². The molecule has 0 aliphatic rings. The van der Waals surface area contributed by atoms with Crippen molar-refractivity contribution >= 4 is 27.7 Å². The maximum Gasteiger partial charge on any atom is 0.261 e. The van der Waals surface area contributed by atoms with Gasteiger partial charge in [0.25, 0.3) is 5.56 Å². The Morgan fingerprint density at radius 3 is 2.91 bits per heavy atom. The molecule has 0 bridgehead atoms. The predicted molar refractivity (Wildman–Crippen MR) is 91.2 cm³/mol. The Morgan fingerprint density at radius 1 is 1.30 bits per heavy atom. The molecule has 3 aromatic rings. The number of hydrogen-bond acceptors (Lipinski definition) is 6. The third-order valence-corrected chi connectivity index (χ3v) is 4.18. The Balaban J connectivity index is 1.82.